The summed E-state index contributed by atoms with van der Waals surface area (Å²) in [7, 11) is 3.12. The predicted molar refractivity (Wildman–Crippen MR) is 127 cm³/mol. The van der Waals surface area contributed by atoms with Crippen LogP contribution in [0.5, 0.6) is 11.5 Å². The van der Waals surface area contributed by atoms with E-state index in [0.29, 0.717) is 47.1 Å². The molecule has 12 heteroatoms. The van der Waals surface area contributed by atoms with Crippen LogP contribution in [-0.2, 0) is 17.9 Å². The van der Waals surface area contributed by atoms with Gasteiger partial charge in [0.1, 0.15) is 18.0 Å². The number of rotatable bonds is 10. The lowest BCUT2D eigenvalue weighted by atomic mass is 10.2. The van der Waals surface area contributed by atoms with Gasteiger partial charge in [0.2, 0.25) is 11.7 Å². The zero-order valence-electron chi connectivity index (χ0n) is 19.0. The molecule has 0 spiro atoms. The van der Waals surface area contributed by atoms with Crippen molar-refractivity contribution in [3.05, 3.63) is 54.4 Å². The third-order valence-corrected chi connectivity index (χ3v) is 5.81. The van der Waals surface area contributed by atoms with Crippen LogP contribution in [0.3, 0.4) is 0 Å². The first-order chi connectivity index (χ1) is 16.6. The Hall–Kier alpha value is -3.93. The van der Waals surface area contributed by atoms with E-state index >= 15 is 0 Å². The molecule has 2 aromatic carbocycles. The molecule has 0 fully saturated rings. The highest BCUT2D eigenvalue weighted by Gasteiger charge is 2.16. The normalized spacial score (nSPS) is 10.8. The van der Waals surface area contributed by atoms with E-state index in [9.17, 15) is 4.79 Å². The SMILES string of the molecule is CCn1c(Cn2nnc(-c3ccccc3)n2)nnc1SCC(=O)Nc1cc(OC)cc(OC)c1. The molecule has 0 atom stereocenters. The molecule has 2 heterocycles. The van der Waals surface area contributed by atoms with Crippen LogP contribution in [0.25, 0.3) is 11.4 Å². The van der Waals surface area contributed by atoms with E-state index in [4.69, 9.17) is 9.47 Å². The number of ether oxygens (including phenoxy) is 2. The van der Waals surface area contributed by atoms with Crippen molar-refractivity contribution in [3.63, 3.8) is 0 Å². The fourth-order valence-corrected chi connectivity index (χ4v) is 4.03. The number of thioether (sulfide) groups is 1. The van der Waals surface area contributed by atoms with Crippen molar-refractivity contribution in [3.8, 4) is 22.9 Å². The van der Waals surface area contributed by atoms with E-state index in [-0.39, 0.29) is 11.7 Å². The summed E-state index contributed by atoms with van der Waals surface area (Å²) in [5, 5.41) is 24.7. The van der Waals surface area contributed by atoms with Crippen molar-refractivity contribution in [2.45, 2.75) is 25.2 Å². The second-order valence-electron chi connectivity index (χ2n) is 7.09. The predicted octanol–water partition coefficient (Wildman–Crippen LogP) is 2.75. The molecule has 1 amide bonds. The molecule has 11 nitrogen and oxygen atoms in total. The van der Waals surface area contributed by atoms with Crippen LogP contribution >= 0.6 is 11.8 Å². The lowest BCUT2D eigenvalue weighted by Crippen LogP contribution is -2.15. The summed E-state index contributed by atoms with van der Waals surface area (Å²) in [4.78, 5) is 14.0. The van der Waals surface area contributed by atoms with E-state index in [1.165, 1.54) is 16.6 Å². The number of nitrogens with one attached hydrogen (secondary N) is 1. The molecule has 34 heavy (non-hydrogen) atoms. The maximum Gasteiger partial charge on any atom is 0.234 e. The van der Waals surface area contributed by atoms with Gasteiger partial charge in [-0.25, -0.2) is 0 Å². The topological polar surface area (TPSA) is 122 Å². The average molecular weight is 481 g/mol. The number of amides is 1. The van der Waals surface area contributed by atoms with Crippen LogP contribution in [0.1, 0.15) is 12.7 Å². The van der Waals surface area contributed by atoms with Crippen molar-refractivity contribution in [2.24, 2.45) is 0 Å². The largest absolute Gasteiger partial charge is 0.497 e. The van der Waals surface area contributed by atoms with Crippen LogP contribution in [0.2, 0.25) is 0 Å². The van der Waals surface area contributed by atoms with E-state index in [2.05, 4.69) is 30.9 Å². The summed E-state index contributed by atoms with van der Waals surface area (Å²) in [5.41, 5.74) is 1.48. The number of carbonyl (C=O) groups is 1. The standard InChI is InChI=1S/C22H24N8O3S/c1-4-29-19(13-30-27-21(25-28-30)15-8-6-5-7-9-15)24-26-22(29)34-14-20(31)23-16-10-17(32-2)12-18(11-16)33-3/h5-12H,4,13-14H2,1-3H3,(H,23,31). The van der Waals surface area contributed by atoms with Gasteiger partial charge in [0, 0.05) is 36.0 Å². The van der Waals surface area contributed by atoms with Gasteiger partial charge in [0.25, 0.3) is 0 Å². The summed E-state index contributed by atoms with van der Waals surface area (Å²) >= 11 is 1.30. The number of nitrogens with zero attached hydrogens (tertiary/aromatic N) is 7. The van der Waals surface area contributed by atoms with Gasteiger partial charge in [0.05, 0.1) is 20.0 Å². The van der Waals surface area contributed by atoms with Gasteiger partial charge in [-0.2, -0.15) is 4.80 Å². The maximum atomic E-state index is 12.5. The van der Waals surface area contributed by atoms with Crippen LogP contribution in [0, 0.1) is 0 Å². The van der Waals surface area contributed by atoms with E-state index in [1.54, 1.807) is 32.4 Å². The first kappa shape index (κ1) is 23.2. The van der Waals surface area contributed by atoms with Crippen molar-refractivity contribution >= 4 is 23.4 Å². The van der Waals surface area contributed by atoms with E-state index in [1.807, 2.05) is 41.8 Å². The Balaban J connectivity index is 1.39. The van der Waals surface area contributed by atoms with Crippen molar-refractivity contribution in [1.82, 2.24) is 35.0 Å². The van der Waals surface area contributed by atoms with Crippen LogP contribution < -0.4 is 14.8 Å². The summed E-state index contributed by atoms with van der Waals surface area (Å²) < 4.78 is 12.4. The minimum Gasteiger partial charge on any atom is -0.497 e. The zero-order valence-corrected chi connectivity index (χ0v) is 19.8. The number of benzene rings is 2. The molecule has 2 aromatic heterocycles. The highest BCUT2D eigenvalue weighted by molar-refractivity contribution is 7.99. The summed E-state index contributed by atoms with van der Waals surface area (Å²) in [5.74, 6) is 2.39. The van der Waals surface area contributed by atoms with E-state index in [0.717, 1.165) is 5.56 Å². The average Bonchev–Trinajstić information content (AvgIpc) is 3.50. The molecule has 0 aliphatic heterocycles. The molecule has 0 aliphatic rings. The fourth-order valence-electron chi connectivity index (χ4n) is 3.21. The molecule has 1 N–H and O–H groups in total. The quantitative estimate of drug-likeness (QED) is 0.341. The van der Waals surface area contributed by atoms with Gasteiger partial charge in [-0.05, 0) is 12.1 Å². The van der Waals surface area contributed by atoms with Crippen LogP contribution in [0.4, 0.5) is 5.69 Å². The molecule has 0 aliphatic carbocycles. The Bertz CT molecular complexity index is 1240. The van der Waals surface area contributed by atoms with Crippen LogP contribution in [-0.4, -0.2) is 60.9 Å². The Morgan fingerprint density at radius 1 is 1.03 bits per heavy atom. The lowest BCUT2D eigenvalue weighted by molar-refractivity contribution is -0.113. The second kappa shape index (κ2) is 10.8. The third kappa shape index (κ3) is 5.52. The molecule has 4 rings (SSSR count). The molecule has 0 radical (unpaired) electrons. The molecule has 0 unspecified atom stereocenters. The first-order valence-corrected chi connectivity index (χ1v) is 11.5. The third-order valence-electron chi connectivity index (χ3n) is 4.84. The van der Waals surface area contributed by atoms with Crippen molar-refractivity contribution < 1.29 is 14.3 Å². The Morgan fingerprint density at radius 2 is 1.76 bits per heavy atom. The van der Waals surface area contributed by atoms with Crippen LogP contribution in [0.15, 0.2) is 53.7 Å². The molecule has 176 valence electrons. The number of hydrogen-bond acceptors (Lipinski definition) is 9. The van der Waals surface area contributed by atoms with Gasteiger partial charge in [-0.1, -0.05) is 42.1 Å². The number of anilines is 1. The fraction of sp³-hybridized carbons (Fsp3) is 0.273. The first-order valence-electron chi connectivity index (χ1n) is 10.5. The Kier molecular flexibility index (Phi) is 7.38. The molecule has 0 bridgehead atoms. The maximum absolute atomic E-state index is 12.5. The number of hydrogen-bond donors (Lipinski definition) is 1. The monoisotopic (exact) mass is 480 g/mol. The summed E-state index contributed by atoms with van der Waals surface area (Å²) in [6.07, 6.45) is 0. The minimum absolute atomic E-state index is 0.164. The van der Waals surface area contributed by atoms with Crippen molar-refractivity contribution in [2.75, 3.05) is 25.3 Å². The molecule has 0 saturated carbocycles. The molecule has 0 saturated heterocycles. The Labute approximate surface area is 200 Å². The van der Waals surface area contributed by atoms with Gasteiger partial charge < -0.3 is 19.4 Å². The highest BCUT2D eigenvalue weighted by Crippen LogP contribution is 2.26. The zero-order chi connectivity index (χ0) is 23.9. The number of carbonyl (C=O) groups excluding carboxylic acids is 1. The number of methoxy groups -OCH3 is 2. The van der Waals surface area contributed by atoms with Gasteiger partial charge in [-0.15, -0.1) is 20.4 Å². The summed E-state index contributed by atoms with van der Waals surface area (Å²) in [6.45, 7) is 2.94. The second-order valence-corrected chi connectivity index (χ2v) is 8.03. The number of tetrazole rings is 1. The Morgan fingerprint density at radius 3 is 2.44 bits per heavy atom. The van der Waals surface area contributed by atoms with Gasteiger partial charge in [-0.3, -0.25) is 4.79 Å². The van der Waals surface area contributed by atoms with Crippen molar-refractivity contribution in [1.29, 1.82) is 0 Å². The molecular weight excluding hydrogens is 456 g/mol. The van der Waals surface area contributed by atoms with Gasteiger partial charge in [0.15, 0.2) is 11.0 Å². The minimum atomic E-state index is -0.182. The summed E-state index contributed by atoms with van der Waals surface area (Å²) in [6, 6.07) is 14.8. The lowest BCUT2D eigenvalue weighted by Gasteiger charge is -2.10. The smallest absolute Gasteiger partial charge is 0.234 e. The van der Waals surface area contributed by atoms with Gasteiger partial charge >= 0.3 is 0 Å². The number of aromatic nitrogens is 7. The molecule has 4 aromatic rings. The molecular formula is C22H24N8O3S. The van der Waals surface area contributed by atoms with E-state index < -0.39 is 0 Å². The highest BCUT2D eigenvalue weighted by atomic mass is 32.2.